The Balaban J connectivity index is 0.00000220. The summed E-state index contributed by atoms with van der Waals surface area (Å²) in [6, 6.07) is 5.19. The first-order valence-corrected chi connectivity index (χ1v) is 8.03. The number of carboxylic acid groups (broad SMARTS) is 1. The molecule has 0 spiro atoms. The lowest BCUT2D eigenvalue weighted by atomic mass is 10.2. The van der Waals surface area contributed by atoms with E-state index in [1.54, 1.807) is 0 Å². The van der Waals surface area contributed by atoms with Gasteiger partial charge in [-0.25, -0.2) is 17.9 Å². The zero-order valence-corrected chi connectivity index (χ0v) is 13.1. The molecule has 1 aromatic carbocycles. The van der Waals surface area contributed by atoms with Gasteiger partial charge in [0.25, 0.3) is 0 Å². The van der Waals surface area contributed by atoms with Crippen LogP contribution in [0.25, 0.3) is 0 Å². The number of nitrogens with zero attached hydrogens (tertiary/aromatic N) is 1. The monoisotopic (exact) mass is 334 g/mol. The fourth-order valence-electron chi connectivity index (χ4n) is 2.20. The van der Waals surface area contributed by atoms with Crippen molar-refractivity contribution in [1.82, 2.24) is 9.62 Å². The van der Waals surface area contributed by atoms with Crippen LogP contribution in [-0.2, 0) is 10.0 Å². The smallest absolute Gasteiger partial charge is 0.335 e. The molecule has 0 radical (unpaired) electrons. The number of sulfonamides is 1. The van der Waals surface area contributed by atoms with E-state index in [2.05, 4.69) is 9.62 Å². The van der Waals surface area contributed by atoms with Gasteiger partial charge in [0.05, 0.1) is 10.5 Å². The van der Waals surface area contributed by atoms with Crippen molar-refractivity contribution in [2.24, 2.45) is 0 Å². The molecule has 1 aliphatic heterocycles. The Labute approximate surface area is 130 Å². The largest absolute Gasteiger partial charge is 0.478 e. The SMILES string of the molecule is Cl.O=C(O)c1ccc(S(=O)(=O)NCCN2CCCC2)cc1. The van der Waals surface area contributed by atoms with E-state index in [0.29, 0.717) is 13.1 Å². The van der Waals surface area contributed by atoms with Crippen LogP contribution in [-0.4, -0.2) is 50.6 Å². The maximum absolute atomic E-state index is 12.0. The third kappa shape index (κ3) is 4.96. The second-order valence-corrected chi connectivity index (χ2v) is 6.54. The Morgan fingerprint density at radius 1 is 1.19 bits per heavy atom. The van der Waals surface area contributed by atoms with Crippen LogP contribution in [0.15, 0.2) is 29.2 Å². The number of carboxylic acids is 1. The highest BCUT2D eigenvalue weighted by molar-refractivity contribution is 7.89. The van der Waals surface area contributed by atoms with Crippen LogP contribution in [0.4, 0.5) is 0 Å². The molecule has 1 aromatic rings. The van der Waals surface area contributed by atoms with Gasteiger partial charge >= 0.3 is 5.97 Å². The second kappa shape index (κ2) is 7.74. The van der Waals surface area contributed by atoms with Crippen LogP contribution >= 0.6 is 12.4 Å². The Kier molecular flexibility index (Phi) is 6.60. The third-order valence-corrected chi connectivity index (χ3v) is 4.81. The van der Waals surface area contributed by atoms with E-state index in [1.807, 2.05) is 0 Å². The fourth-order valence-corrected chi connectivity index (χ4v) is 3.23. The van der Waals surface area contributed by atoms with Crippen LogP contribution in [0, 0.1) is 0 Å². The van der Waals surface area contributed by atoms with Gasteiger partial charge in [-0.05, 0) is 50.2 Å². The van der Waals surface area contributed by atoms with Crippen LogP contribution < -0.4 is 4.72 Å². The minimum absolute atomic E-state index is 0. The predicted octanol–water partition coefficient (Wildman–Crippen LogP) is 1.18. The predicted molar refractivity (Wildman–Crippen MR) is 81.5 cm³/mol. The molecule has 0 aliphatic carbocycles. The van der Waals surface area contributed by atoms with Crippen molar-refractivity contribution < 1.29 is 18.3 Å². The number of hydrogen-bond acceptors (Lipinski definition) is 4. The van der Waals surface area contributed by atoms with Crippen molar-refractivity contribution in [2.45, 2.75) is 17.7 Å². The molecule has 0 aromatic heterocycles. The first-order valence-electron chi connectivity index (χ1n) is 6.54. The molecule has 0 bridgehead atoms. The lowest BCUT2D eigenvalue weighted by Gasteiger charge is -2.14. The zero-order valence-electron chi connectivity index (χ0n) is 11.5. The molecule has 0 unspecified atom stereocenters. The van der Waals surface area contributed by atoms with Gasteiger partial charge in [-0.1, -0.05) is 0 Å². The van der Waals surface area contributed by atoms with E-state index in [4.69, 9.17) is 5.11 Å². The Hall–Kier alpha value is -1.15. The highest BCUT2D eigenvalue weighted by Gasteiger charge is 2.16. The number of nitrogens with one attached hydrogen (secondary N) is 1. The Morgan fingerprint density at radius 3 is 2.29 bits per heavy atom. The van der Waals surface area contributed by atoms with E-state index < -0.39 is 16.0 Å². The number of hydrogen-bond donors (Lipinski definition) is 2. The van der Waals surface area contributed by atoms with E-state index in [1.165, 1.54) is 37.1 Å². The molecule has 8 heteroatoms. The molecule has 2 rings (SSSR count). The normalized spacial score (nSPS) is 15.6. The molecule has 21 heavy (non-hydrogen) atoms. The molecule has 1 aliphatic rings. The molecule has 1 heterocycles. The minimum atomic E-state index is -3.56. The highest BCUT2D eigenvalue weighted by Crippen LogP contribution is 2.11. The lowest BCUT2D eigenvalue weighted by molar-refractivity contribution is 0.0696. The summed E-state index contributed by atoms with van der Waals surface area (Å²) in [5.41, 5.74) is 0.0704. The molecule has 1 fully saturated rings. The Morgan fingerprint density at radius 2 is 1.76 bits per heavy atom. The standard InChI is InChI=1S/C13H18N2O4S.ClH/c16-13(17)11-3-5-12(6-4-11)20(18,19)14-7-10-15-8-1-2-9-15;/h3-6,14H,1-2,7-10H2,(H,16,17);1H. The van der Waals surface area contributed by atoms with E-state index in [-0.39, 0.29) is 22.9 Å². The molecular formula is C13H19ClN2O4S. The summed E-state index contributed by atoms with van der Waals surface area (Å²) in [5.74, 6) is -1.07. The molecule has 1 saturated heterocycles. The van der Waals surface area contributed by atoms with E-state index in [9.17, 15) is 13.2 Å². The third-order valence-electron chi connectivity index (χ3n) is 3.33. The van der Waals surface area contributed by atoms with Crippen LogP contribution in [0.1, 0.15) is 23.2 Å². The number of likely N-dealkylation sites (tertiary alicyclic amines) is 1. The fraction of sp³-hybridized carbons (Fsp3) is 0.462. The number of halogens is 1. The topological polar surface area (TPSA) is 86.7 Å². The number of rotatable bonds is 6. The maximum atomic E-state index is 12.0. The van der Waals surface area contributed by atoms with Gasteiger partial charge in [0, 0.05) is 13.1 Å². The van der Waals surface area contributed by atoms with Crippen molar-refractivity contribution in [3.8, 4) is 0 Å². The number of aromatic carboxylic acids is 1. The maximum Gasteiger partial charge on any atom is 0.335 e. The molecule has 6 nitrogen and oxygen atoms in total. The van der Waals surface area contributed by atoms with Gasteiger partial charge in [-0.2, -0.15) is 0 Å². The quantitative estimate of drug-likeness (QED) is 0.815. The van der Waals surface area contributed by atoms with Gasteiger partial charge in [0.1, 0.15) is 0 Å². The minimum Gasteiger partial charge on any atom is -0.478 e. The molecule has 0 amide bonds. The summed E-state index contributed by atoms with van der Waals surface area (Å²) in [6.45, 7) is 3.11. The zero-order chi connectivity index (χ0) is 14.6. The van der Waals surface area contributed by atoms with Crippen molar-refractivity contribution in [1.29, 1.82) is 0 Å². The van der Waals surface area contributed by atoms with Crippen LogP contribution in [0.2, 0.25) is 0 Å². The number of carbonyl (C=O) groups is 1. The van der Waals surface area contributed by atoms with Gasteiger partial charge < -0.3 is 10.0 Å². The van der Waals surface area contributed by atoms with Gasteiger partial charge in [0.2, 0.25) is 10.0 Å². The first-order chi connectivity index (χ1) is 9.49. The average Bonchev–Trinajstić information content (AvgIpc) is 2.92. The van der Waals surface area contributed by atoms with E-state index >= 15 is 0 Å². The van der Waals surface area contributed by atoms with Gasteiger partial charge in [-0.3, -0.25) is 0 Å². The summed E-state index contributed by atoms with van der Waals surface area (Å²) in [4.78, 5) is 13.0. The second-order valence-electron chi connectivity index (χ2n) is 4.78. The summed E-state index contributed by atoms with van der Waals surface area (Å²) in [7, 11) is -3.56. The molecule has 118 valence electrons. The van der Waals surface area contributed by atoms with Gasteiger partial charge in [-0.15, -0.1) is 12.4 Å². The molecule has 0 atom stereocenters. The number of benzene rings is 1. The average molecular weight is 335 g/mol. The highest BCUT2D eigenvalue weighted by atomic mass is 35.5. The van der Waals surface area contributed by atoms with Crippen molar-refractivity contribution >= 4 is 28.4 Å². The summed E-state index contributed by atoms with van der Waals surface area (Å²) >= 11 is 0. The summed E-state index contributed by atoms with van der Waals surface area (Å²) < 4.78 is 26.6. The van der Waals surface area contributed by atoms with Gasteiger partial charge in [0.15, 0.2) is 0 Å². The van der Waals surface area contributed by atoms with Crippen molar-refractivity contribution in [2.75, 3.05) is 26.2 Å². The molecular weight excluding hydrogens is 316 g/mol. The first kappa shape index (κ1) is 17.9. The van der Waals surface area contributed by atoms with E-state index in [0.717, 1.165) is 13.1 Å². The lowest BCUT2D eigenvalue weighted by Crippen LogP contribution is -2.33. The summed E-state index contributed by atoms with van der Waals surface area (Å²) in [5, 5.41) is 8.77. The van der Waals surface area contributed by atoms with Crippen molar-refractivity contribution in [3.63, 3.8) is 0 Å². The van der Waals surface area contributed by atoms with Crippen LogP contribution in [0.3, 0.4) is 0 Å². The molecule has 0 saturated carbocycles. The van der Waals surface area contributed by atoms with Crippen molar-refractivity contribution in [3.05, 3.63) is 29.8 Å². The Bertz CT molecular complexity index is 568. The molecule has 2 N–H and O–H groups in total. The van der Waals surface area contributed by atoms with Crippen LogP contribution in [0.5, 0.6) is 0 Å². The summed E-state index contributed by atoms with van der Waals surface area (Å²) in [6.07, 6.45) is 2.34.